The topological polar surface area (TPSA) is 73.1 Å². The highest BCUT2D eigenvalue weighted by atomic mass is 16.7. The molecule has 0 radical (unpaired) electrons. The smallest absolute Gasteiger partial charge is 0.431 e. The molecule has 3 heterocycles. The zero-order valence-electron chi connectivity index (χ0n) is 15.7. The van der Waals surface area contributed by atoms with E-state index >= 15 is 0 Å². The molecule has 142 valence electrons. The van der Waals surface area contributed by atoms with Gasteiger partial charge >= 0.3 is 6.16 Å². The zero-order chi connectivity index (χ0) is 18.2. The van der Waals surface area contributed by atoms with Gasteiger partial charge in [-0.15, -0.1) is 6.58 Å². The first-order valence-corrected chi connectivity index (χ1v) is 9.17. The summed E-state index contributed by atoms with van der Waals surface area (Å²) in [5, 5.41) is 0. The van der Waals surface area contributed by atoms with E-state index in [-0.39, 0.29) is 24.4 Å². The lowest BCUT2D eigenvalue weighted by atomic mass is 9.99. The third-order valence-corrected chi connectivity index (χ3v) is 4.98. The van der Waals surface area contributed by atoms with Crippen LogP contribution in [-0.4, -0.2) is 54.5 Å². The van der Waals surface area contributed by atoms with Gasteiger partial charge in [0, 0.05) is 0 Å². The molecule has 25 heavy (non-hydrogen) atoms. The first-order valence-electron chi connectivity index (χ1n) is 9.17. The lowest BCUT2D eigenvalue weighted by Gasteiger charge is -2.18. The maximum Gasteiger partial charge on any atom is 0.508 e. The quantitative estimate of drug-likeness (QED) is 0.359. The Bertz CT molecular complexity index is 513. The summed E-state index contributed by atoms with van der Waals surface area (Å²) in [5.74, 6) is 0. The van der Waals surface area contributed by atoms with Gasteiger partial charge in [-0.25, -0.2) is 4.79 Å². The van der Waals surface area contributed by atoms with E-state index in [9.17, 15) is 4.79 Å². The van der Waals surface area contributed by atoms with Gasteiger partial charge in [0.05, 0.1) is 23.9 Å². The summed E-state index contributed by atoms with van der Waals surface area (Å²) in [6.45, 7) is 11.5. The molecular weight excluding hydrogens is 324 g/mol. The summed E-state index contributed by atoms with van der Waals surface area (Å²) in [7, 11) is 0. The van der Waals surface area contributed by atoms with Gasteiger partial charge in [0.25, 0.3) is 0 Å². The molecule has 0 bridgehead atoms. The summed E-state index contributed by atoms with van der Waals surface area (Å²) < 4.78 is 27.2. The first-order chi connectivity index (χ1) is 11.7. The Kier molecular flexibility index (Phi) is 5.15. The van der Waals surface area contributed by atoms with Crippen LogP contribution in [0, 0.1) is 0 Å². The molecular formula is C19H30O6. The highest BCUT2D eigenvalue weighted by Crippen LogP contribution is 2.43. The normalized spacial score (nSPS) is 38.8. The van der Waals surface area contributed by atoms with E-state index in [2.05, 4.69) is 13.5 Å². The van der Waals surface area contributed by atoms with Crippen LogP contribution in [0.4, 0.5) is 4.79 Å². The van der Waals surface area contributed by atoms with Gasteiger partial charge in [-0.05, 0) is 53.4 Å². The zero-order valence-corrected chi connectivity index (χ0v) is 15.7. The van der Waals surface area contributed by atoms with E-state index in [0.717, 1.165) is 25.7 Å². The van der Waals surface area contributed by atoms with Crippen molar-refractivity contribution in [1.29, 1.82) is 0 Å². The largest absolute Gasteiger partial charge is 0.508 e. The predicted octanol–water partition coefficient (Wildman–Crippen LogP) is 3.38. The summed E-state index contributed by atoms with van der Waals surface area (Å²) in [5.41, 5.74) is -0.758. The fourth-order valence-corrected chi connectivity index (χ4v) is 3.18. The number of hydrogen-bond acceptors (Lipinski definition) is 6. The minimum absolute atomic E-state index is 0.0505. The van der Waals surface area contributed by atoms with E-state index in [1.165, 1.54) is 0 Å². The van der Waals surface area contributed by atoms with Gasteiger partial charge in [0.15, 0.2) is 0 Å². The molecule has 0 aromatic carbocycles. The van der Waals surface area contributed by atoms with E-state index < -0.39 is 11.8 Å². The first kappa shape index (κ1) is 18.7. The lowest BCUT2D eigenvalue weighted by Crippen LogP contribution is -2.26. The molecule has 3 rings (SSSR count). The van der Waals surface area contributed by atoms with Crippen LogP contribution in [0.15, 0.2) is 12.7 Å². The summed E-state index contributed by atoms with van der Waals surface area (Å²) >= 11 is 0. The Hall–Kier alpha value is -1.11. The maximum atomic E-state index is 11.6. The van der Waals surface area contributed by atoms with Gasteiger partial charge in [-0.1, -0.05) is 6.08 Å². The molecule has 6 atom stereocenters. The van der Waals surface area contributed by atoms with Gasteiger partial charge < -0.3 is 23.7 Å². The molecule has 0 aromatic rings. The monoisotopic (exact) mass is 354 g/mol. The minimum atomic E-state index is -0.643. The van der Waals surface area contributed by atoms with Gasteiger partial charge in [-0.2, -0.15) is 0 Å². The molecule has 3 aliphatic rings. The highest BCUT2D eigenvalue weighted by molar-refractivity contribution is 5.60. The maximum absolute atomic E-state index is 11.6. The SMILES string of the molecule is C=C[C@@H]1O[C@H]1CC[C@@H]1O[C@H]1CC[C@]1(C)O[C@H]1COC(=O)OC(C)(C)C. The Morgan fingerprint density at radius 1 is 1.16 bits per heavy atom. The summed E-state index contributed by atoms with van der Waals surface area (Å²) in [4.78, 5) is 11.6. The van der Waals surface area contributed by atoms with Crippen molar-refractivity contribution in [1.82, 2.24) is 0 Å². The number of epoxide rings is 3. The average molecular weight is 354 g/mol. The minimum Gasteiger partial charge on any atom is -0.431 e. The second kappa shape index (κ2) is 6.89. The van der Waals surface area contributed by atoms with Crippen LogP contribution in [-0.2, 0) is 23.7 Å². The molecule has 0 N–H and O–H groups in total. The lowest BCUT2D eigenvalue weighted by molar-refractivity contribution is -0.00949. The van der Waals surface area contributed by atoms with E-state index in [1.54, 1.807) is 0 Å². The van der Waals surface area contributed by atoms with Crippen LogP contribution < -0.4 is 0 Å². The van der Waals surface area contributed by atoms with Crippen LogP contribution in [0.5, 0.6) is 0 Å². The van der Waals surface area contributed by atoms with Crippen molar-refractivity contribution >= 4 is 6.16 Å². The summed E-state index contributed by atoms with van der Waals surface area (Å²) in [6, 6.07) is 0. The fourth-order valence-electron chi connectivity index (χ4n) is 3.18. The summed E-state index contributed by atoms with van der Waals surface area (Å²) in [6.07, 6.45) is 6.42. The van der Waals surface area contributed by atoms with E-state index in [1.807, 2.05) is 26.8 Å². The van der Waals surface area contributed by atoms with E-state index in [4.69, 9.17) is 23.7 Å². The number of ether oxygens (including phenoxy) is 5. The van der Waals surface area contributed by atoms with Crippen molar-refractivity contribution < 1.29 is 28.5 Å². The van der Waals surface area contributed by atoms with Crippen LogP contribution >= 0.6 is 0 Å². The van der Waals surface area contributed by atoms with Crippen molar-refractivity contribution in [2.45, 2.75) is 95.1 Å². The number of hydrogen-bond donors (Lipinski definition) is 0. The van der Waals surface area contributed by atoms with Crippen molar-refractivity contribution in [3.63, 3.8) is 0 Å². The fraction of sp³-hybridized carbons (Fsp3) is 0.842. The molecule has 3 saturated heterocycles. The Morgan fingerprint density at radius 3 is 2.48 bits per heavy atom. The average Bonchev–Trinajstić information content (AvgIpc) is 3.38. The molecule has 0 spiro atoms. The molecule has 3 fully saturated rings. The predicted molar refractivity (Wildman–Crippen MR) is 91.5 cm³/mol. The van der Waals surface area contributed by atoms with Gasteiger partial charge in [0.1, 0.15) is 24.4 Å². The van der Waals surface area contributed by atoms with Gasteiger partial charge in [-0.3, -0.25) is 0 Å². The molecule has 0 unspecified atom stereocenters. The Balaban J connectivity index is 1.25. The molecule has 0 aliphatic carbocycles. The Morgan fingerprint density at radius 2 is 1.84 bits per heavy atom. The van der Waals surface area contributed by atoms with Crippen LogP contribution in [0.3, 0.4) is 0 Å². The molecule has 3 aliphatic heterocycles. The standard InChI is InChI=1S/C19H30O6/c1-6-12-13(22-12)7-8-14-15(23-14)9-10-19(5)16(24-19)11-21-17(20)25-18(2,3)4/h6,12-16H,1,7-11H2,2-5H3/t12-,13-,14-,15-,16-,19-/m0/s1. The number of rotatable bonds is 9. The van der Waals surface area contributed by atoms with Crippen LogP contribution in [0.1, 0.15) is 53.4 Å². The van der Waals surface area contributed by atoms with Gasteiger partial charge in [0.2, 0.25) is 0 Å². The molecule has 6 nitrogen and oxygen atoms in total. The molecule has 0 aromatic heterocycles. The van der Waals surface area contributed by atoms with Crippen LogP contribution in [0.25, 0.3) is 0 Å². The van der Waals surface area contributed by atoms with Crippen molar-refractivity contribution in [3.8, 4) is 0 Å². The second-order valence-electron chi connectivity index (χ2n) is 8.40. The number of carbonyl (C=O) groups excluding carboxylic acids is 1. The number of carbonyl (C=O) groups is 1. The second-order valence-corrected chi connectivity index (χ2v) is 8.40. The molecule has 0 saturated carbocycles. The van der Waals surface area contributed by atoms with E-state index in [0.29, 0.717) is 18.3 Å². The van der Waals surface area contributed by atoms with Crippen molar-refractivity contribution in [3.05, 3.63) is 12.7 Å². The molecule has 6 heteroatoms. The third kappa shape index (κ3) is 5.43. The van der Waals surface area contributed by atoms with Crippen LogP contribution in [0.2, 0.25) is 0 Å². The van der Waals surface area contributed by atoms with Crippen molar-refractivity contribution in [2.75, 3.05) is 6.61 Å². The molecule has 0 amide bonds. The highest BCUT2D eigenvalue weighted by Gasteiger charge is 2.54. The van der Waals surface area contributed by atoms with Crippen molar-refractivity contribution in [2.24, 2.45) is 0 Å². The Labute approximate surface area is 149 Å². The third-order valence-electron chi connectivity index (χ3n) is 4.98.